The number of benzene rings is 2. The Morgan fingerprint density at radius 2 is 1.62 bits per heavy atom. The minimum atomic E-state index is -0.443. The predicted octanol–water partition coefficient (Wildman–Crippen LogP) is 9.60. The van der Waals surface area contributed by atoms with Gasteiger partial charge in [0.25, 0.3) is 0 Å². The Kier molecular flexibility index (Phi) is 9.34. The van der Waals surface area contributed by atoms with E-state index in [2.05, 4.69) is 29.6 Å². The normalized spacial score (nSPS) is 24.6. The summed E-state index contributed by atoms with van der Waals surface area (Å²) in [6.07, 6.45) is 15.9. The Bertz CT molecular complexity index is 1010. The maximum absolute atomic E-state index is 15.5. The molecule has 0 heterocycles. The van der Waals surface area contributed by atoms with Gasteiger partial charge in [0.2, 0.25) is 0 Å². The number of nitrogens with zero attached hydrogens (tertiary/aromatic N) is 1. The third kappa shape index (κ3) is 5.99. The van der Waals surface area contributed by atoms with E-state index < -0.39 is 20.7 Å². The monoisotopic (exact) mass is 571 g/mol. The van der Waals surface area contributed by atoms with Gasteiger partial charge in [-0.3, -0.25) is 0 Å². The van der Waals surface area contributed by atoms with E-state index >= 15 is 4.39 Å². The van der Waals surface area contributed by atoms with E-state index in [0.29, 0.717) is 11.5 Å². The predicted molar refractivity (Wildman–Crippen MR) is 151 cm³/mol. The van der Waals surface area contributed by atoms with Crippen LogP contribution in [0, 0.1) is 38.5 Å². The molecular weight excluding hydrogens is 532 g/mol. The summed E-state index contributed by atoms with van der Waals surface area (Å²) in [7, 11) is 0. The molecule has 0 amide bonds. The van der Waals surface area contributed by atoms with Crippen LogP contribution in [0.4, 0.5) is 4.39 Å². The van der Waals surface area contributed by atoms with Crippen molar-refractivity contribution in [3.05, 3.63) is 56.9 Å². The fraction of sp³-hybridized carbons (Fsp3) is 0.548. The fourth-order valence-electron chi connectivity index (χ4n) is 6.66. The van der Waals surface area contributed by atoms with Crippen LogP contribution in [-0.2, 0) is 0 Å². The van der Waals surface area contributed by atoms with Crippen LogP contribution in [0.2, 0.25) is 0 Å². The van der Waals surface area contributed by atoms with Crippen LogP contribution in [0.5, 0.6) is 0 Å². The van der Waals surface area contributed by atoms with Gasteiger partial charge < -0.3 is 0 Å². The Labute approximate surface area is 215 Å². The van der Waals surface area contributed by atoms with Gasteiger partial charge in [0.15, 0.2) is 0 Å². The summed E-state index contributed by atoms with van der Waals surface area (Å²) < 4.78 is 20.6. The number of halogens is 2. The van der Waals surface area contributed by atoms with E-state index in [0.717, 1.165) is 50.9 Å². The summed E-state index contributed by atoms with van der Waals surface area (Å²) in [5.74, 6) is 2.68. The molecule has 0 bridgehead atoms. The van der Waals surface area contributed by atoms with Gasteiger partial charge in [-0.15, -0.1) is 0 Å². The Morgan fingerprint density at radius 1 is 0.941 bits per heavy atom. The molecule has 2 aliphatic rings. The third-order valence-corrected chi connectivity index (χ3v) is 10.3. The highest BCUT2D eigenvalue weighted by atomic mass is 127. The molecule has 2 fully saturated rings. The molecule has 2 aromatic carbocycles. The zero-order valence-electron chi connectivity index (χ0n) is 20.7. The second kappa shape index (κ2) is 12.4. The van der Waals surface area contributed by atoms with Crippen LogP contribution in [0.25, 0.3) is 11.1 Å². The fourth-order valence-corrected chi connectivity index (χ4v) is 7.93. The molecule has 0 N–H and O–H groups in total. The van der Waals surface area contributed by atoms with Crippen LogP contribution in [0.1, 0.15) is 101 Å². The van der Waals surface area contributed by atoms with Crippen molar-refractivity contribution in [1.29, 1.82) is 5.26 Å². The quantitative estimate of drug-likeness (QED) is 0.328. The second-order valence-corrected chi connectivity index (χ2v) is 12.4. The highest BCUT2D eigenvalue weighted by Crippen LogP contribution is 2.47. The van der Waals surface area contributed by atoms with E-state index in [-0.39, 0.29) is 5.82 Å². The average Bonchev–Trinajstić information content (AvgIpc) is 3.02. The molecule has 182 valence electrons. The van der Waals surface area contributed by atoms with Gasteiger partial charge in [-0.2, -0.15) is 5.26 Å². The number of hydrogen-bond donors (Lipinski definition) is 0. The molecular formula is C31H39FIN. The van der Waals surface area contributed by atoms with Crippen molar-refractivity contribution < 1.29 is 4.39 Å². The van der Waals surface area contributed by atoms with Crippen molar-refractivity contribution in [2.75, 3.05) is 0 Å². The van der Waals surface area contributed by atoms with Gasteiger partial charge in [-0.05, 0) is 77.8 Å². The lowest BCUT2D eigenvalue weighted by Crippen LogP contribution is -2.30. The number of hydrogen-bond acceptors (Lipinski definition) is 1. The van der Waals surface area contributed by atoms with Crippen molar-refractivity contribution in [3.63, 3.8) is 0 Å². The van der Waals surface area contributed by atoms with Crippen LogP contribution in [0.3, 0.4) is 0 Å². The van der Waals surface area contributed by atoms with Gasteiger partial charge in [-0.1, -0.05) is 108 Å². The molecule has 2 saturated carbocycles. The highest BCUT2D eigenvalue weighted by Gasteiger charge is 2.35. The Morgan fingerprint density at radius 3 is 2.26 bits per heavy atom. The topological polar surface area (TPSA) is 23.8 Å². The van der Waals surface area contributed by atoms with Gasteiger partial charge in [0.05, 0.1) is 5.56 Å². The summed E-state index contributed by atoms with van der Waals surface area (Å²) in [5, 5.41) is 9.31. The van der Waals surface area contributed by atoms with E-state index in [1.165, 1.54) is 64.2 Å². The summed E-state index contributed by atoms with van der Waals surface area (Å²) >= 11 is -0.443. The van der Waals surface area contributed by atoms with Crippen molar-refractivity contribution in [2.24, 2.45) is 17.8 Å². The van der Waals surface area contributed by atoms with Crippen molar-refractivity contribution in [1.82, 2.24) is 0 Å². The number of nitriles is 1. The van der Waals surface area contributed by atoms with E-state index in [1.807, 2.05) is 18.2 Å². The minimum absolute atomic E-state index is 0.0547. The van der Waals surface area contributed by atoms with Gasteiger partial charge in [0.1, 0.15) is 11.9 Å². The maximum atomic E-state index is 15.5. The smallest absolute Gasteiger partial charge is 0.127 e. The van der Waals surface area contributed by atoms with E-state index in [1.54, 1.807) is 6.07 Å². The summed E-state index contributed by atoms with van der Waals surface area (Å²) in [6.45, 7) is 2.36. The van der Waals surface area contributed by atoms with E-state index in [4.69, 9.17) is 0 Å². The molecule has 3 unspecified atom stereocenters. The SMILES string of the molecule is C=Ic1cc(-c2ccc(C3CCC(CC)C(C4CCCCCCCC4)C3)c(F)c2)ccc1C#N. The summed E-state index contributed by atoms with van der Waals surface area (Å²) in [6, 6.07) is 14.0. The van der Waals surface area contributed by atoms with Crippen LogP contribution in [0.15, 0.2) is 36.4 Å². The number of rotatable bonds is 5. The largest absolute Gasteiger partial charge is 0.207 e. The zero-order valence-corrected chi connectivity index (χ0v) is 22.8. The van der Waals surface area contributed by atoms with Crippen LogP contribution >= 0.6 is 20.7 Å². The molecule has 0 aromatic heterocycles. The standard InChI is InChI=1S/C31H39FIN/c1-3-22-12-14-26(18-29(22)23-10-8-6-4-5-7-9-11-23)28-17-16-24(19-30(28)32)25-13-15-27(21-34)31(20-25)33-2/h13,15-17,19-20,22-23,26,29H,2-12,14,18H2,1H3. The molecule has 2 aromatic rings. The summed E-state index contributed by atoms with van der Waals surface area (Å²) in [5.41, 5.74) is 3.51. The lowest BCUT2D eigenvalue weighted by molar-refractivity contribution is 0.124. The molecule has 1 nitrogen and oxygen atoms in total. The lowest BCUT2D eigenvalue weighted by atomic mass is 9.64. The Hall–Kier alpha value is -1.54. The average molecular weight is 572 g/mol. The van der Waals surface area contributed by atoms with Gasteiger partial charge in [0, 0.05) is 3.57 Å². The van der Waals surface area contributed by atoms with Crippen molar-refractivity contribution in [2.45, 2.75) is 89.9 Å². The first-order valence-electron chi connectivity index (χ1n) is 13.4. The van der Waals surface area contributed by atoms with Crippen LogP contribution < -0.4 is 0 Å². The first-order valence-corrected chi connectivity index (χ1v) is 16.0. The molecule has 2 aliphatic carbocycles. The zero-order chi connectivity index (χ0) is 23.9. The van der Waals surface area contributed by atoms with Crippen molar-refractivity contribution in [3.8, 4) is 17.2 Å². The minimum Gasteiger partial charge on any atom is -0.207 e. The van der Waals surface area contributed by atoms with Gasteiger partial charge in [-0.25, -0.2) is 4.39 Å². The molecule has 0 radical (unpaired) electrons. The molecule has 0 saturated heterocycles. The first-order chi connectivity index (χ1) is 16.6. The van der Waals surface area contributed by atoms with E-state index in [9.17, 15) is 5.26 Å². The first kappa shape index (κ1) is 25.5. The second-order valence-electron chi connectivity index (χ2n) is 10.5. The third-order valence-electron chi connectivity index (χ3n) is 8.58. The van der Waals surface area contributed by atoms with Crippen LogP contribution in [-0.4, -0.2) is 4.51 Å². The molecule has 34 heavy (non-hydrogen) atoms. The molecule has 0 aliphatic heterocycles. The highest BCUT2D eigenvalue weighted by molar-refractivity contribution is 14.2. The molecule has 4 rings (SSSR count). The van der Waals surface area contributed by atoms with Crippen molar-refractivity contribution >= 4 is 25.2 Å². The summed E-state index contributed by atoms with van der Waals surface area (Å²) in [4.78, 5) is 0. The maximum Gasteiger partial charge on any atom is 0.127 e. The molecule has 3 heteroatoms. The lowest BCUT2D eigenvalue weighted by Gasteiger charge is -2.41. The van der Waals surface area contributed by atoms with Gasteiger partial charge >= 0.3 is 0 Å². The molecule has 0 spiro atoms. The molecule has 3 atom stereocenters. The Balaban J connectivity index is 1.54.